The molecule has 0 amide bonds. The molecule has 2 heterocycles. The van der Waals surface area contributed by atoms with Gasteiger partial charge in [0.15, 0.2) is 0 Å². The third-order valence-corrected chi connectivity index (χ3v) is 3.99. The second kappa shape index (κ2) is 4.62. The monoisotopic (exact) mass is 258 g/mol. The van der Waals surface area contributed by atoms with Crippen molar-refractivity contribution in [3.63, 3.8) is 0 Å². The lowest BCUT2D eigenvalue weighted by Gasteiger charge is -2.32. The average Bonchev–Trinajstić information content (AvgIpc) is 2.57. The number of aryl methyl sites for hydroxylation is 1. The minimum atomic E-state index is -0.465. The van der Waals surface area contributed by atoms with Crippen molar-refractivity contribution in [1.29, 1.82) is 5.26 Å². The Hall–Kier alpha value is -1.38. The molecule has 0 aliphatic carbocycles. The zero-order valence-corrected chi connectivity index (χ0v) is 12.2. The largest absolute Gasteiger partial charge is 0.514 e. The molecule has 19 heavy (non-hydrogen) atoms. The lowest BCUT2D eigenvalue weighted by atomic mass is 9.80. The van der Waals surface area contributed by atoms with Crippen molar-refractivity contribution in [3.8, 4) is 6.07 Å². The average molecular weight is 258 g/mol. The van der Waals surface area contributed by atoms with E-state index in [1.807, 2.05) is 40.7 Å². The number of nitriles is 1. The van der Waals surface area contributed by atoms with Crippen LogP contribution in [-0.4, -0.2) is 23.3 Å². The van der Waals surface area contributed by atoms with Crippen LogP contribution in [0.1, 0.15) is 45.7 Å². The molecule has 1 aliphatic heterocycles. The number of nitrogens with zero attached hydrogens (tertiary/aromatic N) is 2. The Morgan fingerprint density at radius 3 is 2.32 bits per heavy atom. The first-order chi connectivity index (χ1) is 8.80. The molecule has 4 nitrogen and oxygen atoms in total. The highest BCUT2D eigenvalue weighted by Gasteiger charge is 2.52. The summed E-state index contributed by atoms with van der Waals surface area (Å²) in [5.41, 5.74) is 1.59. The van der Waals surface area contributed by atoms with Crippen molar-refractivity contribution in [1.82, 2.24) is 4.98 Å². The second-order valence-electron chi connectivity index (χ2n) is 5.82. The maximum absolute atomic E-state index is 8.93. The van der Waals surface area contributed by atoms with Crippen molar-refractivity contribution >= 4 is 12.7 Å². The van der Waals surface area contributed by atoms with Crippen molar-refractivity contribution < 1.29 is 9.31 Å². The molecule has 0 unspecified atom stereocenters. The quantitative estimate of drug-likeness (QED) is 0.759. The van der Waals surface area contributed by atoms with Gasteiger partial charge in [-0.3, -0.25) is 4.98 Å². The third-order valence-electron chi connectivity index (χ3n) is 3.99. The van der Waals surface area contributed by atoms with Gasteiger partial charge in [0.25, 0.3) is 0 Å². The molecule has 0 radical (unpaired) electrons. The Morgan fingerprint density at radius 2 is 1.84 bits per heavy atom. The van der Waals surface area contributed by atoms with Crippen molar-refractivity contribution in [2.45, 2.75) is 52.2 Å². The summed E-state index contributed by atoms with van der Waals surface area (Å²) < 4.78 is 12.0. The van der Waals surface area contributed by atoms with Gasteiger partial charge in [-0.05, 0) is 45.7 Å². The number of rotatable bonds is 2. The Balaban J connectivity index is 2.37. The van der Waals surface area contributed by atoms with Gasteiger partial charge in [-0.15, -0.1) is 0 Å². The molecule has 2 rings (SSSR count). The minimum absolute atomic E-state index is 0.377. The van der Waals surface area contributed by atoms with E-state index in [1.165, 1.54) is 0 Å². The van der Waals surface area contributed by atoms with Crippen LogP contribution in [0.25, 0.3) is 0 Å². The fraction of sp³-hybridized carbons (Fsp3) is 0.571. The van der Waals surface area contributed by atoms with Gasteiger partial charge in [0.05, 0.1) is 22.4 Å². The van der Waals surface area contributed by atoms with Crippen molar-refractivity contribution in [2.24, 2.45) is 0 Å². The van der Waals surface area contributed by atoms with Crippen LogP contribution in [0.4, 0.5) is 0 Å². The number of hydrogen-bond acceptors (Lipinski definition) is 4. The Labute approximate surface area is 114 Å². The number of aromatic nitrogens is 1. The van der Waals surface area contributed by atoms with Gasteiger partial charge in [-0.1, -0.05) is 6.92 Å². The van der Waals surface area contributed by atoms with Crippen LogP contribution in [0.5, 0.6) is 0 Å². The fourth-order valence-corrected chi connectivity index (χ4v) is 2.03. The zero-order valence-electron chi connectivity index (χ0n) is 12.2. The molecule has 1 fully saturated rings. The highest BCUT2D eigenvalue weighted by Crippen LogP contribution is 2.36. The molecule has 1 aliphatic rings. The fourth-order valence-electron chi connectivity index (χ4n) is 2.03. The van der Waals surface area contributed by atoms with Gasteiger partial charge in [-0.25, -0.2) is 0 Å². The molecule has 0 aromatic carbocycles. The van der Waals surface area contributed by atoms with Gasteiger partial charge < -0.3 is 9.31 Å². The standard InChI is InChI=1S/C14H19BN2O2/c1-6-11-7-10(8-16)9-17-12(11)15-18-13(2,3)14(4,5)19-15/h7,9H,6H2,1-5H3. The summed E-state index contributed by atoms with van der Waals surface area (Å²) in [6.07, 6.45) is 2.36. The Morgan fingerprint density at radius 1 is 1.26 bits per heavy atom. The minimum Gasteiger partial charge on any atom is -0.398 e. The maximum atomic E-state index is 8.93. The molecule has 0 atom stereocenters. The first-order valence-electron chi connectivity index (χ1n) is 6.55. The summed E-state index contributed by atoms with van der Waals surface area (Å²) in [7, 11) is -0.465. The first kappa shape index (κ1) is 14.0. The predicted octanol–water partition coefficient (Wildman–Crippen LogP) is 1.81. The van der Waals surface area contributed by atoms with Crippen LogP contribution in [0.15, 0.2) is 12.3 Å². The summed E-state index contributed by atoms with van der Waals surface area (Å²) in [5.74, 6) is 0. The van der Waals surface area contributed by atoms with Gasteiger partial charge in [0, 0.05) is 6.20 Å². The van der Waals surface area contributed by atoms with E-state index in [9.17, 15) is 0 Å². The van der Waals surface area contributed by atoms with E-state index in [0.29, 0.717) is 5.56 Å². The normalized spacial score (nSPS) is 20.3. The van der Waals surface area contributed by atoms with E-state index in [2.05, 4.69) is 11.1 Å². The van der Waals surface area contributed by atoms with E-state index in [1.54, 1.807) is 6.20 Å². The van der Waals surface area contributed by atoms with E-state index in [-0.39, 0.29) is 11.2 Å². The predicted molar refractivity (Wildman–Crippen MR) is 74.0 cm³/mol. The molecule has 5 heteroatoms. The van der Waals surface area contributed by atoms with Gasteiger partial charge in [0.2, 0.25) is 0 Å². The summed E-state index contributed by atoms with van der Waals surface area (Å²) >= 11 is 0. The summed E-state index contributed by atoms with van der Waals surface area (Å²) in [6.45, 7) is 10.1. The van der Waals surface area contributed by atoms with E-state index < -0.39 is 7.12 Å². The lowest BCUT2D eigenvalue weighted by Crippen LogP contribution is -2.41. The molecule has 100 valence electrons. The van der Waals surface area contributed by atoms with Crippen LogP contribution in [0.3, 0.4) is 0 Å². The molecular weight excluding hydrogens is 239 g/mol. The molecular formula is C14H19BN2O2. The molecule has 1 aromatic rings. The summed E-state index contributed by atoms with van der Waals surface area (Å²) in [5, 5.41) is 8.93. The maximum Gasteiger partial charge on any atom is 0.514 e. The number of hydrogen-bond donors (Lipinski definition) is 0. The lowest BCUT2D eigenvalue weighted by molar-refractivity contribution is 0.00578. The SMILES string of the molecule is CCc1cc(C#N)cnc1B1OC(C)(C)C(C)(C)O1. The molecule has 0 bridgehead atoms. The van der Waals surface area contributed by atoms with Crippen molar-refractivity contribution in [2.75, 3.05) is 0 Å². The molecule has 1 saturated heterocycles. The van der Waals surface area contributed by atoms with Crippen LogP contribution < -0.4 is 5.59 Å². The van der Waals surface area contributed by atoms with Crippen LogP contribution in [0.2, 0.25) is 0 Å². The Bertz CT molecular complexity index is 519. The molecule has 1 aromatic heterocycles. The second-order valence-corrected chi connectivity index (χ2v) is 5.82. The highest BCUT2D eigenvalue weighted by atomic mass is 16.7. The van der Waals surface area contributed by atoms with Gasteiger partial charge in [-0.2, -0.15) is 5.26 Å². The van der Waals surface area contributed by atoms with Crippen LogP contribution in [0, 0.1) is 11.3 Å². The zero-order chi connectivity index (χ0) is 14.3. The topological polar surface area (TPSA) is 55.1 Å². The Kier molecular flexibility index (Phi) is 3.42. The summed E-state index contributed by atoms with van der Waals surface area (Å²) in [4.78, 5) is 4.36. The molecule has 0 saturated carbocycles. The molecule has 0 N–H and O–H groups in total. The number of pyridine rings is 1. The van der Waals surface area contributed by atoms with E-state index >= 15 is 0 Å². The molecule has 0 spiro atoms. The first-order valence-corrected chi connectivity index (χ1v) is 6.55. The smallest absolute Gasteiger partial charge is 0.398 e. The summed E-state index contributed by atoms with van der Waals surface area (Å²) in [6, 6.07) is 3.96. The van der Waals surface area contributed by atoms with E-state index in [4.69, 9.17) is 14.6 Å². The highest BCUT2D eigenvalue weighted by molar-refractivity contribution is 6.61. The van der Waals surface area contributed by atoms with E-state index in [0.717, 1.165) is 17.6 Å². The van der Waals surface area contributed by atoms with Crippen LogP contribution >= 0.6 is 0 Å². The van der Waals surface area contributed by atoms with Gasteiger partial charge in [0.1, 0.15) is 6.07 Å². The van der Waals surface area contributed by atoms with Gasteiger partial charge >= 0.3 is 7.12 Å². The van der Waals surface area contributed by atoms with Crippen LogP contribution in [-0.2, 0) is 15.7 Å². The third kappa shape index (κ3) is 2.38. The van der Waals surface area contributed by atoms with Crippen molar-refractivity contribution in [3.05, 3.63) is 23.4 Å².